The van der Waals surface area contributed by atoms with Crippen molar-refractivity contribution in [2.75, 3.05) is 50.6 Å². The van der Waals surface area contributed by atoms with E-state index in [1.807, 2.05) is 0 Å². The minimum absolute atomic E-state index is 0.543. The normalized spacial score (nSPS) is 16.3. The fourth-order valence-corrected chi connectivity index (χ4v) is 2.61. The number of likely N-dealkylation sites (N-methyl/N-ethyl adjacent to an activating group) is 2. The molecule has 1 saturated heterocycles. The molecule has 1 aliphatic heterocycles. The van der Waals surface area contributed by atoms with E-state index in [9.17, 15) is 0 Å². The molecule has 0 amide bonds. The van der Waals surface area contributed by atoms with Crippen molar-refractivity contribution in [1.82, 2.24) is 4.90 Å². The summed E-state index contributed by atoms with van der Waals surface area (Å²) in [7, 11) is 4.35. The van der Waals surface area contributed by atoms with Crippen LogP contribution in [0.5, 0.6) is 0 Å². The summed E-state index contributed by atoms with van der Waals surface area (Å²) in [5.41, 5.74) is 2.49. The van der Waals surface area contributed by atoms with Crippen LogP contribution in [-0.2, 0) is 4.74 Å². The molecule has 1 aromatic rings. The minimum atomic E-state index is 0.543. The molecule has 0 saturated carbocycles. The van der Waals surface area contributed by atoms with Gasteiger partial charge < -0.3 is 19.9 Å². The Balaban J connectivity index is 1.89. The average molecular weight is 305 g/mol. The predicted octanol–water partition coefficient (Wildman–Crippen LogP) is 3.05. The second-order valence-electron chi connectivity index (χ2n) is 6.58. The number of rotatable bonds is 7. The largest absolute Gasteiger partial charge is 0.382 e. The summed E-state index contributed by atoms with van der Waals surface area (Å²) in [6.07, 6.45) is 2.19. The molecule has 124 valence electrons. The second-order valence-corrected chi connectivity index (χ2v) is 6.58. The van der Waals surface area contributed by atoms with Gasteiger partial charge in [0.1, 0.15) is 0 Å². The molecule has 1 aromatic carbocycles. The standard InChI is InChI=1S/C18H31N3O/c1-15(2)20(3)10-11-21(4)18-7-5-6-17(14-18)19-16-8-12-22-13-9-16/h5-7,14-16,19H,8-13H2,1-4H3. The van der Waals surface area contributed by atoms with Crippen molar-refractivity contribution in [3.63, 3.8) is 0 Å². The first-order valence-electron chi connectivity index (χ1n) is 8.42. The summed E-state index contributed by atoms with van der Waals surface area (Å²) in [6.45, 7) is 8.33. The van der Waals surface area contributed by atoms with Crippen LogP contribution in [0.2, 0.25) is 0 Å². The number of nitrogens with zero attached hydrogens (tertiary/aromatic N) is 2. The lowest BCUT2D eigenvalue weighted by molar-refractivity contribution is 0.0904. The van der Waals surface area contributed by atoms with Gasteiger partial charge in [0.25, 0.3) is 0 Å². The summed E-state index contributed by atoms with van der Waals surface area (Å²) >= 11 is 0. The first-order valence-corrected chi connectivity index (χ1v) is 8.42. The van der Waals surface area contributed by atoms with E-state index in [4.69, 9.17) is 4.74 Å². The molecule has 1 heterocycles. The van der Waals surface area contributed by atoms with Crippen molar-refractivity contribution in [2.24, 2.45) is 0 Å². The molecule has 1 fully saturated rings. The fraction of sp³-hybridized carbons (Fsp3) is 0.667. The van der Waals surface area contributed by atoms with E-state index in [0.717, 1.165) is 39.1 Å². The third-order valence-corrected chi connectivity index (χ3v) is 4.55. The number of ether oxygens (including phenoxy) is 1. The highest BCUT2D eigenvalue weighted by molar-refractivity contribution is 5.58. The van der Waals surface area contributed by atoms with Crippen molar-refractivity contribution in [3.05, 3.63) is 24.3 Å². The van der Waals surface area contributed by atoms with E-state index in [1.165, 1.54) is 11.4 Å². The SMILES string of the molecule is CC(C)N(C)CCN(C)c1cccc(NC2CCOCC2)c1. The van der Waals surface area contributed by atoms with Crippen LogP contribution in [0, 0.1) is 0 Å². The third kappa shape index (κ3) is 5.18. The molecule has 1 N–H and O–H groups in total. The molecule has 0 unspecified atom stereocenters. The van der Waals surface area contributed by atoms with Gasteiger partial charge in [-0.2, -0.15) is 0 Å². The Morgan fingerprint density at radius 1 is 1.18 bits per heavy atom. The maximum atomic E-state index is 5.42. The van der Waals surface area contributed by atoms with Gasteiger partial charge in [0.15, 0.2) is 0 Å². The zero-order valence-corrected chi connectivity index (χ0v) is 14.5. The van der Waals surface area contributed by atoms with Gasteiger partial charge in [-0.15, -0.1) is 0 Å². The molecular formula is C18H31N3O. The van der Waals surface area contributed by atoms with Crippen molar-refractivity contribution < 1.29 is 4.74 Å². The Morgan fingerprint density at radius 3 is 2.59 bits per heavy atom. The van der Waals surface area contributed by atoms with Crippen molar-refractivity contribution in [3.8, 4) is 0 Å². The molecule has 22 heavy (non-hydrogen) atoms. The highest BCUT2D eigenvalue weighted by Crippen LogP contribution is 2.21. The number of nitrogens with one attached hydrogen (secondary N) is 1. The lowest BCUT2D eigenvalue weighted by Crippen LogP contribution is -2.34. The van der Waals surface area contributed by atoms with Crippen LogP contribution in [0.4, 0.5) is 11.4 Å². The highest BCUT2D eigenvalue weighted by atomic mass is 16.5. The molecule has 0 aromatic heterocycles. The van der Waals surface area contributed by atoms with Gasteiger partial charge in [-0.25, -0.2) is 0 Å². The lowest BCUT2D eigenvalue weighted by atomic mass is 10.1. The Labute approximate surface area is 135 Å². The average Bonchev–Trinajstić information content (AvgIpc) is 2.53. The minimum Gasteiger partial charge on any atom is -0.382 e. The number of hydrogen-bond acceptors (Lipinski definition) is 4. The summed E-state index contributed by atoms with van der Waals surface area (Å²) in [5.74, 6) is 0. The Morgan fingerprint density at radius 2 is 1.91 bits per heavy atom. The van der Waals surface area contributed by atoms with Gasteiger partial charge >= 0.3 is 0 Å². The van der Waals surface area contributed by atoms with E-state index in [-0.39, 0.29) is 0 Å². The number of benzene rings is 1. The van der Waals surface area contributed by atoms with E-state index in [0.29, 0.717) is 12.1 Å². The highest BCUT2D eigenvalue weighted by Gasteiger charge is 2.13. The molecule has 0 aliphatic carbocycles. The van der Waals surface area contributed by atoms with Crippen molar-refractivity contribution in [2.45, 2.75) is 38.8 Å². The monoisotopic (exact) mass is 305 g/mol. The smallest absolute Gasteiger partial charge is 0.0485 e. The summed E-state index contributed by atoms with van der Waals surface area (Å²) < 4.78 is 5.42. The molecule has 0 spiro atoms. The van der Waals surface area contributed by atoms with Gasteiger partial charge in [0.05, 0.1) is 0 Å². The molecule has 0 bridgehead atoms. The maximum absolute atomic E-state index is 5.42. The van der Waals surface area contributed by atoms with Crippen LogP contribution in [-0.4, -0.2) is 57.4 Å². The zero-order valence-electron chi connectivity index (χ0n) is 14.5. The third-order valence-electron chi connectivity index (χ3n) is 4.55. The number of anilines is 2. The first kappa shape index (κ1) is 17.1. The van der Waals surface area contributed by atoms with Gasteiger partial charge in [0, 0.05) is 56.8 Å². The van der Waals surface area contributed by atoms with Gasteiger partial charge in [-0.1, -0.05) is 6.07 Å². The lowest BCUT2D eigenvalue weighted by Gasteiger charge is -2.27. The second kappa shape index (κ2) is 8.39. The first-order chi connectivity index (χ1) is 10.6. The summed E-state index contributed by atoms with van der Waals surface area (Å²) in [4.78, 5) is 4.70. The molecule has 4 nitrogen and oxygen atoms in total. The summed E-state index contributed by atoms with van der Waals surface area (Å²) in [6, 6.07) is 9.87. The van der Waals surface area contributed by atoms with Gasteiger partial charge in [0.2, 0.25) is 0 Å². The van der Waals surface area contributed by atoms with Crippen LogP contribution >= 0.6 is 0 Å². The van der Waals surface area contributed by atoms with Crippen LogP contribution in [0.1, 0.15) is 26.7 Å². The van der Waals surface area contributed by atoms with Crippen LogP contribution in [0.15, 0.2) is 24.3 Å². The van der Waals surface area contributed by atoms with E-state index < -0.39 is 0 Å². The van der Waals surface area contributed by atoms with Crippen LogP contribution < -0.4 is 10.2 Å². The molecule has 1 aliphatic rings. The quantitative estimate of drug-likeness (QED) is 0.838. The molecule has 2 rings (SSSR count). The predicted molar refractivity (Wildman–Crippen MR) is 94.9 cm³/mol. The molecule has 4 heteroatoms. The van der Waals surface area contributed by atoms with E-state index >= 15 is 0 Å². The zero-order chi connectivity index (χ0) is 15.9. The summed E-state index contributed by atoms with van der Waals surface area (Å²) in [5, 5.41) is 3.64. The van der Waals surface area contributed by atoms with Crippen LogP contribution in [0.25, 0.3) is 0 Å². The van der Waals surface area contributed by atoms with Gasteiger partial charge in [-0.05, 0) is 51.9 Å². The number of hydrogen-bond donors (Lipinski definition) is 1. The molecular weight excluding hydrogens is 274 g/mol. The van der Waals surface area contributed by atoms with Crippen LogP contribution in [0.3, 0.4) is 0 Å². The topological polar surface area (TPSA) is 27.7 Å². The Kier molecular flexibility index (Phi) is 6.52. The van der Waals surface area contributed by atoms with E-state index in [1.54, 1.807) is 0 Å². The van der Waals surface area contributed by atoms with Crippen molar-refractivity contribution in [1.29, 1.82) is 0 Å². The Bertz CT molecular complexity index is 444. The van der Waals surface area contributed by atoms with Crippen molar-refractivity contribution >= 4 is 11.4 Å². The molecule has 0 atom stereocenters. The fourth-order valence-electron chi connectivity index (χ4n) is 2.61. The maximum Gasteiger partial charge on any atom is 0.0485 e. The molecule has 0 radical (unpaired) electrons. The Hall–Kier alpha value is -1.26. The van der Waals surface area contributed by atoms with E-state index in [2.05, 4.69) is 67.3 Å². The van der Waals surface area contributed by atoms with Gasteiger partial charge in [-0.3, -0.25) is 0 Å².